The number of benzene rings is 1. The molecule has 0 saturated heterocycles. The van der Waals surface area contributed by atoms with Crippen LogP contribution in [0.3, 0.4) is 0 Å². The van der Waals surface area contributed by atoms with Gasteiger partial charge in [-0.2, -0.15) is 0 Å². The number of aliphatic hydroxyl groups excluding tert-OH is 1. The second-order valence-corrected chi connectivity index (χ2v) is 5.50. The first-order valence-corrected chi connectivity index (χ1v) is 6.44. The molecular weight excluding hydrogens is 226 g/mol. The van der Waals surface area contributed by atoms with E-state index in [2.05, 4.69) is 38.2 Å². The zero-order valence-corrected chi connectivity index (χ0v) is 11.3. The Balaban J connectivity index is 2.05. The van der Waals surface area contributed by atoms with Crippen LogP contribution in [0.15, 0.2) is 12.1 Å². The molecule has 1 saturated carbocycles. The Bertz CT molecular complexity index is 452. The maximum absolute atomic E-state index is 12.0. The van der Waals surface area contributed by atoms with Gasteiger partial charge in [0.05, 0.1) is 12.0 Å². The smallest absolute Gasteiger partial charge is 0.228 e. The van der Waals surface area contributed by atoms with Crippen molar-refractivity contribution in [2.45, 2.75) is 40.2 Å². The van der Waals surface area contributed by atoms with Gasteiger partial charge in [-0.05, 0) is 50.3 Å². The Morgan fingerprint density at radius 2 is 1.83 bits per heavy atom. The van der Waals surface area contributed by atoms with Gasteiger partial charge in [0.15, 0.2) is 0 Å². The molecule has 0 unspecified atom stereocenters. The van der Waals surface area contributed by atoms with E-state index in [4.69, 9.17) is 0 Å². The van der Waals surface area contributed by atoms with E-state index >= 15 is 0 Å². The summed E-state index contributed by atoms with van der Waals surface area (Å²) >= 11 is 0. The van der Waals surface area contributed by atoms with Gasteiger partial charge in [0, 0.05) is 6.54 Å². The molecule has 1 aliphatic rings. The van der Waals surface area contributed by atoms with E-state index in [0.29, 0.717) is 6.54 Å². The van der Waals surface area contributed by atoms with Gasteiger partial charge in [0.1, 0.15) is 0 Å². The molecule has 0 aromatic heterocycles. The highest BCUT2D eigenvalue weighted by Gasteiger charge is 2.49. The number of aryl methyl sites for hydroxylation is 3. The van der Waals surface area contributed by atoms with Crippen molar-refractivity contribution in [3.8, 4) is 0 Å². The first-order valence-electron chi connectivity index (χ1n) is 6.44. The lowest BCUT2D eigenvalue weighted by atomic mass is 9.99. The molecule has 0 atom stereocenters. The van der Waals surface area contributed by atoms with Gasteiger partial charge >= 0.3 is 0 Å². The van der Waals surface area contributed by atoms with E-state index in [9.17, 15) is 9.90 Å². The average molecular weight is 247 g/mol. The van der Waals surface area contributed by atoms with Gasteiger partial charge < -0.3 is 10.4 Å². The molecule has 0 aliphatic heterocycles. The number of aliphatic hydroxyl groups is 1. The molecule has 1 aromatic carbocycles. The molecule has 1 aromatic rings. The minimum atomic E-state index is -0.480. The van der Waals surface area contributed by atoms with Crippen LogP contribution in [0, 0.1) is 26.2 Å². The Morgan fingerprint density at radius 1 is 1.28 bits per heavy atom. The maximum Gasteiger partial charge on any atom is 0.228 e. The van der Waals surface area contributed by atoms with Crippen LogP contribution in [-0.2, 0) is 11.3 Å². The molecule has 0 heterocycles. The van der Waals surface area contributed by atoms with Gasteiger partial charge in [-0.1, -0.05) is 17.7 Å². The van der Waals surface area contributed by atoms with Crippen molar-refractivity contribution in [1.29, 1.82) is 0 Å². The third kappa shape index (κ3) is 2.41. The summed E-state index contributed by atoms with van der Waals surface area (Å²) in [6, 6.07) is 4.26. The van der Waals surface area contributed by atoms with Gasteiger partial charge in [-0.15, -0.1) is 0 Å². The Kier molecular flexibility index (Phi) is 3.44. The highest BCUT2D eigenvalue weighted by Crippen LogP contribution is 2.45. The molecule has 1 fully saturated rings. The second-order valence-electron chi connectivity index (χ2n) is 5.50. The third-order valence-electron chi connectivity index (χ3n) is 3.90. The fraction of sp³-hybridized carbons (Fsp3) is 0.533. The van der Waals surface area contributed by atoms with Crippen LogP contribution < -0.4 is 5.32 Å². The number of amides is 1. The number of nitrogens with one attached hydrogen (secondary N) is 1. The predicted molar refractivity (Wildman–Crippen MR) is 71.3 cm³/mol. The lowest BCUT2D eigenvalue weighted by Gasteiger charge is -2.15. The van der Waals surface area contributed by atoms with Crippen molar-refractivity contribution in [1.82, 2.24) is 5.32 Å². The predicted octanol–water partition coefficient (Wildman–Crippen LogP) is 2.00. The van der Waals surface area contributed by atoms with Crippen molar-refractivity contribution in [2.75, 3.05) is 6.61 Å². The Hall–Kier alpha value is -1.35. The quantitative estimate of drug-likeness (QED) is 0.855. The second kappa shape index (κ2) is 4.73. The van der Waals surface area contributed by atoms with Crippen LogP contribution in [0.4, 0.5) is 0 Å². The van der Waals surface area contributed by atoms with E-state index in [0.717, 1.165) is 12.8 Å². The van der Waals surface area contributed by atoms with Crippen molar-refractivity contribution < 1.29 is 9.90 Å². The summed E-state index contributed by atoms with van der Waals surface area (Å²) in [4.78, 5) is 12.0. The van der Waals surface area contributed by atoms with Crippen molar-refractivity contribution in [2.24, 2.45) is 5.41 Å². The molecule has 2 rings (SSSR count). The molecule has 98 valence electrons. The lowest BCUT2D eigenvalue weighted by molar-refractivity contribution is -0.127. The summed E-state index contributed by atoms with van der Waals surface area (Å²) in [5.41, 5.74) is 4.37. The lowest BCUT2D eigenvalue weighted by Crippen LogP contribution is -2.34. The van der Waals surface area contributed by atoms with Gasteiger partial charge in [-0.3, -0.25) is 4.79 Å². The van der Waals surface area contributed by atoms with Gasteiger partial charge in [0.2, 0.25) is 5.91 Å². The van der Waals surface area contributed by atoms with E-state index in [1.807, 2.05) is 0 Å². The largest absolute Gasteiger partial charge is 0.395 e. The fourth-order valence-corrected chi connectivity index (χ4v) is 2.45. The number of hydrogen-bond donors (Lipinski definition) is 2. The van der Waals surface area contributed by atoms with E-state index in [-0.39, 0.29) is 12.5 Å². The van der Waals surface area contributed by atoms with Crippen LogP contribution in [0.1, 0.15) is 35.1 Å². The highest BCUT2D eigenvalue weighted by atomic mass is 16.3. The molecule has 3 heteroatoms. The number of carbonyl (C=O) groups is 1. The van der Waals surface area contributed by atoms with Crippen LogP contribution in [0.2, 0.25) is 0 Å². The van der Waals surface area contributed by atoms with Gasteiger partial charge in [0.25, 0.3) is 0 Å². The van der Waals surface area contributed by atoms with Crippen molar-refractivity contribution in [3.63, 3.8) is 0 Å². The van der Waals surface area contributed by atoms with Crippen LogP contribution in [-0.4, -0.2) is 17.6 Å². The topological polar surface area (TPSA) is 49.3 Å². The van der Waals surface area contributed by atoms with E-state index < -0.39 is 5.41 Å². The number of carbonyl (C=O) groups excluding carboxylic acids is 1. The summed E-state index contributed by atoms with van der Waals surface area (Å²) < 4.78 is 0. The third-order valence-corrected chi connectivity index (χ3v) is 3.90. The fourth-order valence-electron chi connectivity index (χ4n) is 2.45. The number of hydrogen-bond acceptors (Lipinski definition) is 2. The average Bonchev–Trinajstić information content (AvgIpc) is 3.08. The molecule has 0 bridgehead atoms. The van der Waals surface area contributed by atoms with Crippen LogP contribution in [0.5, 0.6) is 0 Å². The molecule has 1 amide bonds. The van der Waals surface area contributed by atoms with Crippen molar-refractivity contribution in [3.05, 3.63) is 34.4 Å². The maximum atomic E-state index is 12.0. The minimum Gasteiger partial charge on any atom is -0.395 e. The standard InChI is InChI=1S/C15H21NO2/c1-10-6-11(2)13(12(3)7-10)8-16-14(18)15(9-17)4-5-15/h6-7,17H,4-5,8-9H2,1-3H3,(H,16,18). The Labute approximate surface area is 108 Å². The molecule has 0 spiro atoms. The first kappa shape index (κ1) is 13.1. The van der Waals surface area contributed by atoms with Crippen LogP contribution >= 0.6 is 0 Å². The minimum absolute atomic E-state index is 0.00984. The molecule has 1 aliphatic carbocycles. The monoisotopic (exact) mass is 247 g/mol. The van der Waals surface area contributed by atoms with E-state index in [1.54, 1.807) is 0 Å². The molecule has 18 heavy (non-hydrogen) atoms. The summed E-state index contributed by atoms with van der Waals surface area (Å²) in [5.74, 6) is -0.00984. The zero-order chi connectivity index (χ0) is 13.3. The summed E-state index contributed by atoms with van der Waals surface area (Å²) in [6.07, 6.45) is 1.61. The summed E-state index contributed by atoms with van der Waals surface area (Å²) in [7, 11) is 0. The normalized spacial score (nSPS) is 16.4. The van der Waals surface area contributed by atoms with Crippen LogP contribution in [0.25, 0.3) is 0 Å². The summed E-state index contributed by atoms with van der Waals surface area (Å²) in [5, 5.41) is 12.2. The highest BCUT2D eigenvalue weighted by molar-refractivity contribution is 5.85. The van der Waals surface area contributed by atoms with Crippen molar-refractivity contribution >= 4 is 5.91 Å². The van der Waals surface area contributed by atoms with Gasteiger partial charge in [-0.25, -0.2) is 0 Å². The van der Waals surface area contributed by atoms with E-state index in [1.165, 1.54) is 22.3 Å². The molecular formula is C15H21NO2. The SMILES string of the molecule is Cc1cc(C)c(CNC(=O)C2(CO)CC2)c(C)c1. The first-order chi connectivity index (χ1) is 8.48. The molecule has 0 radical (unpaired) electrons. The Morgan fingerprint density at radius 3 is 2.28 bits per heavy atom. The number of rotatable bonds is 4. The summed E-state index contributed by atoms with van der Waals surface area (Å²) in [6.45, 7) is 6.73. The zero-order valence-electron chi connectivity index (χ0n) is 11.3. The molecule has 2 N–H and O–H groups in total. The molecule has 3 nitrogen and oxygen atoms in total.